The summed E-state index contributed by atoms with van der Waals surface area (Å²) in [7, 11) is -1.57. The molecule has 1 rings (SSSR count). The summed E-state index contributed by atoms with van der Waals surface area (Å²) < 4.78 is 16.4. The van der Waals surface area contributed by atoms with Gasteiger partial charge in [0.2, 0.25) is 5.75 Å². The predicted molar refractivity (Wildman–Crippen MR) is 69.8 cm³/mol. The largest absolute Gasteiger partial charge is 0.490 e. The van der Waals surface area contributed by atoms with Crippen molar-refractivity contribution in [1.82, 2.24) is 0 Å². The molecule has 0 spiro atoms. The molecule has 0 saturated heterocycles. The minimum Gasteiger partial charge on any atom is -0.490 e. The van der Waals surface area contributed by atoms with Gasteiger partial charge in [-0.1, -0.05) is 0 Å². The quantitative estimate of drug-likeness (QED) is 0.696. The topological polar surface area (TPSA) is 68.2 Å². The first-order valence-corrected chi connectivity index (χ1v) is 6.06. The second kappa shape index (κ2) is 7.13. The molecular formula is C12H19BO5. The summed E-state index contributed by atoms with van der Waals surface area (Å²) in [4.78, 5) is 0. The summed E-state index contributed by atoms with van der Waals surface area (Å²) in [5.74, 6) is 1.40. The lowest BCUT2D eigenvalue weighted by molar-refractivity contribution is 0.261. The minimum absolute atomic E-state index is 0.311. The van der Waals surface area contributed by atoms with E-state index in [1.165, 1.54) is 0 Å². The van der Waals surface area contributed by atoms with Gasteiger partial charge in [0.1, 0.15) is 0 Å². The highest BCUT2D eigenvalue weighted by Gasteiger charge is 2.20. The van der Waals surface area contributed by atoms with Crippen LogP contribution < -0.4 is 19.7 Å². The molecule has 2 N–H and O–H groups in total. The molecule has 1 aromatic rings. The van der Waals surface area contributed by atoms with E-state index in [9.17, 15) is 10.0 Å². The number of ether oxygens (including phenoxy) is 3. The van der Waals surface area contributed by atoms with E-state index in [0.717, 1.165) is 0 Å². The monoisotopic (exact) mass is 254 g/mol. The van der Waals surface area contributed by atoms with E-state index in [4.69, 9.17) is 14.2 Å². The van der Waals surface area contributed by atoms with Crippen molar-refractivity contribution in [2.75, 3.05) is 19.8 Å². The second-order valence-corrected chi connectivity index (χ2v) is 3.52. The average Bonchev–Trinajstić information content (AvgIpc) is 2.33. The maximum Gasteiger partial charge on any atom is 0.488 e. The van der Waals surface area contributed by atoms with E-state index in [1.54, 1.807) is 12.1 Å². The molecule has 100 valence electrons. The molecule has 1 aromatic carbocycles. The van der Waals surface area contributed by atoms with Crippen molar-refractivity contribution in [1.29, 1.82) is 0 Å². The first kappa shape index (κ1) is 14.7. The van der Waals surface area contributed by atoms with E-state index in [2.05, 4.69) is 0 Å². The van der Waals surface area contributed by atoms with Gasteiger partial charge in [-0.05, 0) is 38.4 Å². The summed E-state index contributed by atoms with van der Waals surface area (Å²) in [6, 6.07) is 3.09. The van der Waals surface area contributed by atoms with Gasteiger partial charge in [-0.3, -0.25) is 0 Å². The molecule has 0 aliphatic carbocycles. The van der Waals surface area contributed by atoms with Crippen LogP contribution in [0.1, 0.15) is 20.8 Å². The molecule has 0 aliphatic rings. The molecule has 6 heteroatoms. The average molecular weight is 254 g/mol. The van der Waals surface area contributed by atoms with Gasteiger partial charge in [-0.25, -0.2) is 0 Å². The predicted octanol–water partition coefficient (Wildman–Crippen LogP) is 0.562. The highest BCUT2D eigenvalue weighted by Crippen LogP contribution is 2.36. The van der Waals surface area contributed by atoms with Crippen LogP contribution in [0.4, 0.5) is 0 Å². The molecule has 0 radical (unpaired) electrons. The Morgan fingerprint density at radius 1 is 0.889 bits per heavy atom. The van der Waals surface area contributed by atoms with Crippen molar-refractivity contribution in [3.63, 3.8) is 0 Å². The first-order valence-electron chi connectivity index (χ1n) is 6.06. The van der Waals surface area contributed by atoms with Crippen LogP contribution >= 0.6 is 0 Å². The number of hydrogen-bond donors (Lipinski definition) is 2. The standard InChI is InChI=1S/C12H19BO5/c1-4-16-10-7-9(13(14)15)8-11(17-5-2)12(10)18-6-3/h7-8,14-15H,4-6H2,1-3H3. The Balaban J connectivity index is 3.24. The van der Waals surface area contributed by atoms with Crippen molar-refractivity contribution < 1.29 is 24.3 Å². The van der Waals surface area contributed by atoms with Crippen molar-refractivity contribution in [2.24, 2.45) is 0 Å². The lowest BCUT2D eigenvalue weighted by atomic mass is 9.80. The molecule has 0 atom stereocenters. The van der Waals surface area contributed by atoms with E-state index in [1.807, 2.05) is 20.8 Å². The normalized spacial score (nSPS) is 10.1. The summed E-state index contributed by atoms with van der Waals surface area (Å²) in [6.07, 6.45) is 0. The fourth-order valence-corrected chi connectivity index (χ4v) is 1.56. The highest BCUT2D eigenvalue weighted by molar-refractivity contribution is 6.58. The third-order valence-electron chi connectivity index (χ3n) is 2.23. The van der Waals surface area contributed by atoms with Crippen LogP contribution in [0.3, 0.4) is 0 Å². The van der Waals surface area contributed by atoms with Crippen LogP contribution in [0.25, 0.3) is 0 Å². The molecule has 0 heterocycles. The minimum atomic E-state index is -1.57. The lowest BCUT2D eigenvalue weighted by Crippen LogP contribution is -2.30. The zero-order valence-corrected chi connectivity index (χ0v) is 11.0. The van der Waals surface area contributed by atoms with Gasteiger partial charge < -0.3 is 24.3 Å². The summed E-state index contributed by atoms with van der Waals surface area (Å²) in [5, 5.41) is 18.5. The Morgan fingerprint density at radius 3 is 1.67 bits per heavy atom. The van der Waals surface area contributed by atoms with Gasteiger partial charge in [0.25, 0.3) is 0 Å². The van der Waals surface area contributed by atoms with Gasteiger partial charge in [0, 0.05) is 0 Å². The Morgan fingerprint density at radius 2 is 1.33 bits per heavy atom. The van der Waals surface area contributed by atoms with Crippen LogP contribution in [-0.4, -0.2) is 37.0 Å². The van der Waals surface area contributed by atoms with Crippen molar-refractivity contribution >= 4 is 12.6 Å². The molecule has 0 saturated carbocycles. The first-order chi connectivity index (χ1) is 8.63. The van der Waals surface area contributed by atoms with Crippen LogP contribution in [0.5, 0.6) is 17.2 Å². The summed E-state index contributed by atoms with van der Waals surface area (Å²) >= 11 is 0. The lowest BCUT2D eigenvalue weighted by Gasteiger charge is -2.16. The smallest absolute Gasteiger partial charge is 0.488 e. The van der Waals surface area contributed by atoms with Crippen LogP contribution in [0, 0.1) is 0 Å². The van der Waals surface area contributed by atoms with Gasteiger partial charge in [0.15, 0.2) is 11.5 Å². The second-order valence-electron chi connectivity index (χ2n) is 3.52. The van der Waals surface area contributed by atoms with Crippen molar-refractivity contribution in [2.45, 2.75) is 20.8 Å². The fraction of sp³-hybridized carbons (Fsp3) is 0.500. The van der Waals surface area contributed by atoms with E-state index < -0.39 is 7.12 Å². The third kappa shape index (κ3) is 3.55. The summed E-state index contributed by atoms with van der Waals surface area (Å²) in [5.41, 5.74) is 0.311. The van der Waals surface area contributed by atoms with Gasteiger partial charge in [-0.2, -0.15) is 0 Å². The maximum atomic E-state index is 9.23. The highest BCUT2D eigenvalue weighted by atomic mass is 16.5. The van der Waals surface area contributed by atoms with Gasteiger partial charge in [-0.15, -0.1) is 0 Å². The fourth-order valence-electron chi connectivity index (χ4n) is 1.56. The van der Waals surface area contributed by atoms with Gasteiger partial charge in [0.05, 0.1) is 19.8 Å². The van der Waals surface area contributed by atoms with Crippen LogP contribution in [-0.2, 0) is 0 Å². The molecule has 0 bridgehead atoms. The van der Waals surface area contributed by atoms with E-state index in [0.29, 0.717) is 42.5 Å². The molecular weight excluding hydrogens is 235 g/mol. The van der Waals surface area contributed by atoms with E-state index in [-0.39, 0.29) is 0 Å². The van der Waals surface area contributed by atoms with Crippen molar-refractivity contribution in [3.8, 4) is 17.2 Å². The van der Waals surface area contributed by atoms with Crippen LogP contribution in [0.15, 0.2) is 12.1 Å². The number of rotatable bonds is 7. The molecule has 0 aliphatic heterocycles. The zero-order valence-electron chi connectivity index (χ0n) is 11.0. The van der Waals surface area contributed by atoms with Gasteiger partial charge >= 0.3 is 7.12 Å². The van der Waals surface area contributed by atoms with Crippen molar-refractivity contribution in [3.05, 3.63) is 12.1 Å². The molecule has 18 heavy (non-hydrogen) atoms. The molecule has 0 aromatic heterocycles. The Hall–Kier alpha value is -1.40. The maximum absolute atomic E-state index is 9.23. The third-order valence-corrected chi connectivity index (χ3v) is 2.23. The number of benzene rings is 1. The molecule has 0 amide bonds. The Kier molecular flexibility index (Phi) is 5.81. The molecule has 5 nitrogen and oxygen atoms in total. The Labute approximate surface area is 107 Å². The van der Waals surface area contributed by atoms with Crippen LogP contribution in [0.2, 0.25) is 0 Å². The summed E-state index contributed by atoms with van der Waals surface area (Å²) in [6.45, 7) is 6.94. The Bertz CT molecular complexity index is 354. The van der Waals surface area contributed by atoms with E-state index >= 15 is 0 Å². The molecule has 0 fully saturated rings. The zero-order chi connectivity index (χ0) is 13.5. The molecule has 0 unspecified atom stereocenters. The SMILES string of the molecule is CCOc1cc(B(O)O)cc(OCC)c1OCC. The number of hydrogen-bond acceptors (Lipinski definition) is 5.